The molecule has 4 rings (SSSR count). The van der Waals surface area contributed by atoms with Gasteiger partial charge in [0.1, 0.15) is 11.8 Å². The number of aromatic nitrogens is 1. The van der Waals surface area contributed by atoms with E-state index in [4.69, 9.17) is 9.15 Å². The van der Waals surface area contributed by atoms with Crippen LogP contribution in [-0.2, 0) is 4.79 Å². The molecule has 1 aliphatic rings. The summed E-state index contributed by atoms with van der Waals surface area (Å²) in [5, 5.41) is 9.48. The highest BCUT2D eigenvalue weighted by atomic mass is 16.5. The molecule has 1 aromatic heterocycles. The smallest absolute Gasteiger partial charge is 0.260 e. The average Bonchev–Trinajstić information content (AvgIpc) is 3.26. The van der Waals surface area contributed by atoms with Crippen molar-refractivity contribution in [2.45, 2.75) is 6.92 Å². The van der Waals surface area contributed by atoms with Crippen LogP contribution >= 0.6 is 0 Å². The summed E-state index contributed by atoms with van der Waals surface area (Å²) in [5.41, 5.74) is 2.27. The Labute approximate surface area is 187 Å². The van der Waals surface area contributed by atoms with Gasteiger partial charge in [0.25, 0.3) is 5.91 Å². The summed E-state index contributed by atoms with van der Waals surface area (Å²) in [4.78, 5) is 20.6. The van der Waals surface area contributed by atoms with Crippen molar-refractivity contribution in [1.82, 2.24) is 9.88 Å². The van der Waals surface area contributed by atoms with Crippen LogP contribution in [0.5, 0.6) is 5.75 Å². The van der Waals surface area contributed by atoms with Crippen LogP contribution < -0.4 is 9.64 Å². The van der Waals surface area contributed by atoms with E-state index in [1.54, 1.807) is 11.0 Å². The maximum Gasteiger partial charge on any atom is 0.260 e. The average molecular weight is 428 g/mol. The van der Waals surface area contributed by atoms with Gasteiger partial charge in [-0.05, 0) is 30.2 Å². The van der Waals surface area contributed by atoms with Crippen molar-refractivity contribution < 1.29 is 13.9 Å². The zero-order chi connectivity index (χ0) is 22.3. The van der Waals surface area contributed by atoms with E-state index in [0.29, 0.717) is 38.0 Å². The molecule has 0 atom stereocenters. The molecule has 3 aromatic rings. The van der Waals surface area contributed by atoms with E-state index in [0.717, 1.165) is 16.9 Å². The molecule has 7 heteroatoms. The van der Waals surface area contributed by atoms with Gasteiger partial charge in [0, 0.05) is 32.3 Å². The molecule has 0 radical (unpaired) electrons. The van der Waals surface area contributed by atoms with Crippen LogP contribution in [0.3, 0.4) is 0 Å². The van der Waals surface area contributed by atoms with Crippen LogP contribution in [0.1, 0.15) is 22.7 Å². The first-order chi connectivity index (χ1) is 15.6. The highest BCUT2D eigenvalue weighted by Crippen LogP contribution is 2.24. The van der Waals surface area contributed by atoms with Crippen molar-refractivity contribution in [1.29, 1.82) is 5.26 Å². The Kier molecular flexibility index (Phi) is 6.52. The summed E-state index contributed by atoms with van der Waals surface area (Å²) in [5.74, 6) is 1.49. The molecule has 0 saturated carbocycles. The Hall–Kier alpha value is -4.05. The highest BCUT2D eigenvalue weighted by Gasteiger charge is 2.26. The number of anilines is 1. The van der Waals surface area contributed by atoms with Gasteiger partial charge >= 0.3 is 0 Å². The van der Waals surface area contributed by atoms with Gasteiger partial charge in [-0.2, -0.15) is 10.2 Å². The number of benzene rings is 2. The number of ether oxygens (including phenoxy) is 1. The SMILES string of the molecule is Cc1ccccc1OCC(=O)N1CCN(c2oc(C=Cc3ccccc3)nc2C#N)CC1. The Morgan fingerprint density at radius 2 is 1.81 bits per heavy atom. The van der Waals surface area contributed by atoms with Gasteiger partial charge in [-0.15, -0.1) is 0 Å². The predicted octanol–water partition coefficient (Wildman–Crippen LogP) is 3.75. The number of carbonyl (C=O) groups is 1. The van der Waals surface area contributed by atoms with Crippen LogP contribution in [0.25, 0.3) is 12.2 Å². The van der Waals surface area contributed by atoms with Crippen LogP contribution in [0, 0.1) is 18.3 Å². The number of oxazole rings is 1. The third kappa shape index (κ3) is 4.98. The van der Waals surface area contributed by atoms with E-state index in [1.807, 2.05) is 72.5 Å². The summed E-state index contributed by atoms with van der Waals surface area (Å²) < 4.78 is 11.5. The van der Waals surface area contributed by atoms with Crippen molar-refractivity contribution >= 4 is 23.9 Å². The number of piperazine rings is 1. The molecule has 2 aromatic carbocycles. The Morgan fingerprint density at radius 1 is 1.09 bits per heavy atom. The first-order valence-electron chi connectivity index (χ1n) is 10.5. The molecule has 0 N–H and O–H groups in total. The zero-order valence-electron chi connectivity index (χ0n) is 17.9. The molecule has 2 heterocycles. The Bertz CT molecular complexity index is 1140. The molecule has 1 saturated heterocycles. The number of hydrogen-bond acceptors (Lipinski definition) is 6. The quantitative estimate of drug-likeness (QED) is 0.595. The molecule has 0 bridgehead atoms. The predicted molar refractivity (Wildman–Crippen MR) is 122 cm³/mol. The van der Waals surface area contributed by atoms with Gasteiger partial charge in [0.2, 0.25) is 17.5 Å². The topological polar surface area (TPSA) is 82.6 Å². The van der Waals surface area contributed by atoms with Crippen LogP contribution in [0.15, 0.2) is 59.0 Å². The third-order valence-electron chi connectivity index (χ3n) is 5.31. The highest BCUT2D eigenvalue weighted by molar-refractivity contribution is 5.78. The zero-order valence-corrected chi connectivity index (χ0v) is 17.9. The molecule has 1 aliphatic heterocycles. The van der Waals surface area contributed by atoms with Crippen LogP contribution in [-0.4, -0.2) is 48.6 Å². The van der Waals surface area contributed by atoms with E-state index < -0.39 is 0 Å². The van der Waals surface area contributed by atoms with Crippen molar-refractivity contribution in [3.05, 3.63) is 77.3 Å². The largest absolute Gasteiger partial charge is 0.484 e. The lowest BCUT2D eigenvalue weighted by Crippen LogP contribution is -2.50. The van der Waals surface area contributed by atoms with Gasteiger partial charge in [0.05, 0.1) is 0 Å². The van der Waals surface area contributed by atoms with Crippen molar-refractivity contribution in [3.8, 4) is 11.8 Å². The van der Waals surface area contributed by atoms with E-state index in [1.165, 1.54) is 0 Å². The molecule has 0 spiro atoms. The number of aryl methyl sites for hydroxylation is 1. The first-order valence-corrected chi connectivity index (χ1v) is 10.5. The Morgan fingerprint density at radius 3 is 2.53 bits per heavy atom. The second kappa shape index (κ2) is 9.84. The normalized spacial score (nSPS) is 13.9. The van der Waals surface area contributed by atoms with E-state index in [2.05, 4.69) is 11.1 Å². The second-order valence-electron chi connectivity index (χ2n) is 7.48. The fourth-order valence-electron chi connectivity index (χ4n) is 3.53. The maximum atomic E-state index is 12.6. The van der Waals surface area contributed by atoms with E-state index in [9.17, 15) is 10.1 Å². The van der Waals surface area contributed by atoms with Gasteiger partial charge in [-0.3, -0.25) is 4.79 Å². The van der Waals surface area contributed by atoms with Gasteiger partial charge in [0.15, 0.2) is 6.61 Å². The monoisotopic (exact) mass is 428 g/mol. The molecule has 32 heavy (non-hydrogen) atoms. The lowest BCUT2D eigenvalue weighted by molar-refractivity contribution is -0.133. The number of rotatable bonds is 6. The number of para-hydroxylation sites is 1. The van der Waals surface area contributed by atoms with Gasteiger partial charge < -0.3 is 19.0 Å². The molecule has 0 unspecified atom stereocenters. The maximum absolute atomic E-state index is 12.6. The number of hydrogen-bond donors (Lipinski definition) is 0. The minimum Gasteiger partial charge on any atom is -0.484 e. The second-order valence-corrected chi connectivity index (χ2v) is 7.48. The lowest BCUT2D eigenvalue weighted by Gasteiger charge is -2.34. The molecular formula is C25H24N4O3. The van der Waals surface area contributed by atoms with Crippen LogP contribution in [0.2, 0.25) is 0 Å². The molecule has 0 aliphatic carbocycles. The number of carbonyl (C=O) groups excluding carboxylic acids is 1. The number of nitriles is 1. The summed E-state index contributed by atoms with van der Waals surface area (Å²) in [7, 11) is 0. The van der Waals surface area contributed by atoms with E-state index in [-0.39, 0.29) is 18.2 Å². The standard InChI is InChI=1S/C25H24N4O3/c1-19-7-5-6-10-22(19)31-18-24(30)28-13-15-29(16-14-28)25-21(17-26)27-23(32-25)12-11-20-8-3-2-4-9-20/h2-12H,13-16,18H2,1H3. The molecule has 162 valence electrons. The molecule has 7 nitrogen and oxygen atoms in total. The van der Waals surface area contributed by atoms with Crippen molar-refractivity contribution in [3.63, 3.8) is 0 Å². The number of amides is 1. The van der Waals surface area contributed by atoms with Crippen molar-refractivity contribution in [2.75, 3.05) is 37.7 Å². The molecular weight excluding hydrogens is 404 g/mol. The summed E-state index contributed by atoms with van der Waals surface area (Å²) in [6.07, 6.45) is 3.64. The summed E-state index contributed by atoms with van der Waals surface area (Å²) >= 11 is 0. The van der Waals surface area contributed by atoms with Crippen molar-refractivity contribution in [2.24, 2.45) is 0 Å². The summed E-state index contributed by atoms with van der Waals surface area (Å²) in [6.45, 7) is 4.12. The Balaban J connectivity index is 1.35. The minimum atomic E-state index is -0.0579. The van der Waals surface area contributed by atoms with Gasteiger partial charge in [-0.1, -0.05) is 48.5 Å². The molecule has 1 amide bonds. The fourth-order valence-corrected chi connectivity index (χ4v) is 3.53. The fraction of sp³-hybridized carbons (Fsp3) is 0.240. The van der Waals surface area contributed by atoms with E-state index >= 15 is 0 Å². The third-order valence-corrected chi connectivity index (χ3v) is 5.31. The lowest BCUT2D eigenvalue weighted by atomic mass is 10.2. The summed E-state index contributed by atoms with van der Waals surface area (Å²) in [6, 6.07) is 19.6. The van der Waals surface area contributed by atoms with Gasteiger partial charge in [-0.25, -0.2) is 0 Å². The first kappa shape index (κ1) is 21.2. The van der Waals surface area contributed by atoms with Crippen LogP contribution in [0.4, 0.5) is 5.88 Å². The molecule has 1 fully saturated rings. The minimum absolute atomic E-state index is 0.00500. The number of nitrogens with zero attached hydrogens (tertiary/aromatic N) is 4.